The molecule has 1 amide bonds. The fourth-order valence-corrected chi connectivity index (χ4v) is 2.52. The Kier molecular flexibility index (Phi) is 7.69. The normalized spacial score (nSPS) is 15.3. The highest BCUT2D eigenvalue weighted by molar-refractivity contribution is 5.80. The molecule has 26 heavy (non-hydrogen) atoms. The molecule has 1 fully saturated rings. The molecule has 0 spiro atoms. The van der Waals surface area contributed by atoms with Crippen LogP contribution in [-0.2, 0) is 4.79 Å². The van der Waals surface area contributed by atoms with Crippen LogP contribution >= 0.6 is 0 Å². The number of hydrogen-bond donors (Lipinski definition) is 3. The van der Waals surface area contributed by atoms with E-state index in [0.717, 1.165) is 24.9 Å². The molecule has 1 aliphatic carbocycles. The number of methoxy groups -OCH3 is 1. The van der Waals surface area contributed by atoms with Crippen molar-refractivity contribution in [3.05, 3.63) is 29.6 Å². The SMILES string of the molecule is CCNC(=NCCCC(=O)NC1CC1)NC(C)c1ccc(OC)c(F)c1. The van der Waals surface area contributed by atoms with E-state index in [1.54, 1.807) is 6.07 Å². The third-order valence-corrected chi connectivity index (χ3v) is 4.15. The van der Waals surface area contributed by atoms with Crippen molar-refractivity contribution in [1.82, 2.24) is 16.0 Å². The second-order valence-corrected chi connectivity index (χ2v) is 6.47. The summed E-state index contributed by atoms with van der Waals surface area (Å²) in [6, 6.07) is 5.18. The molecule has 1 aromatic rings. The lowest BCUT2D eigenvalue weighted by molar-refractivity contribution is -0.121. The van der Waals surface area contributed by atoms with Crippen LogP contribution in [0.5, 0.6) is 5.75 Å². The second kappa shape index (κ2) is 9.99. The van der Waals surface area contributed by atoms with Crippen LogP contribution in [0.15, 0.2) is 23.2 Å². The zero-order valence-corrected chi connectivity index (χ0v) is 15.8. The quantitative estimate of drug-likeness (QED) is 0.358. The number of amides is 1. The van der Waals surface area contributed by atoms with E-state index in [9.17, 15) is 9.18 Å². The average molecular weight is 364 g/mol. The van der Waals surface area contributed by atoms with Gasteiger partial charge in [-0.15, -0.1) is 0 Å². The van der Waals surface area contributed by atoms with Crippen molar-refractivity contribution in [3.63, 3.8) is 0 Å². The Hall–Kier alpha value is -2.31. The summed E-state index contributed by atoms with van der Waals surface area (Å²) in [6.45, 7) is 5.20. The predicted molar refractivity (Wildman–Crippen MR) is 101 cm³/mol. The van der Waals surface area contributed by atoms with Crippen molar-refractivity contribution in [2.24, 2.45) is 4.99 Å². The number of guanidine groups is 1. The minimum atomic E-state index is -0.387. The topological polar surface area (TPSA) is 74.8 Å². The van der Waals surface area contributed by atoms with Crippen LogP contribution in [0.1, 0.15) is 51.1 Å². The maximum absolute atomic E-state index is 13.9. The Bertz CT molecular complexity index is 632. The average Bonchev–Trinajstić information content (AvgIpc) is 3.42. The third-order valence-electron chi connectivity index (χ3n) is 4.15. The summed E-state index contributed by atoms with van der Waals surface area (Å²) in [7, 11) is 1.45. The molecule has 0 radical (unpaired) electrons. The summed E-state index contributed by atoms with van der Waals surface area (Å²) < 4.78 is 18.8. The molecule has 1 aromatic carbocycles. The number of hydrogen-bond acceptors (Lipinski definition) is 3. The van der Waals surface area contributed by atoms with Crippen molar-refractivity contribution in [1.29, 1.82) is 0 Å². The largest absolute Gasteiger partial charge is 0.494 e. The van der Waals surface area contributed by atoms with E-state index in [1.807, 2.05) is 19.9 Å². The molecule has 1 atom stereocenters. The van der Waals surface area contributed by atoms with E-state index in [1.165, 1.54) is 13.2 Å². The van der Waals surface area contributed by atoms with Crippen LogP contribution in [-0.4, -0.2) is 38.1 Å². The highest BCUT2D eigenvalue weighted by Gasteiger charge is 2.22. The summed E-state index contributed by atoms with van der Waals surface area (Å²) in [6.07, 6.45) is 3.38. The van der Waals surface area contributed by atoms with Gasteiger partial charge in [0.15, 0.2) is 17.5 Å². The zero-order valence-electron chi connectivity index (χ0n) is 15.8. The first-order chi connectivity index (χ1) is 12.5. The van der Waals surface area contributed by atoms with Crippen LogP contribution in [0, 0.1) is 5.82 Å². The number of carbonyl (C=O) groups is 1. The lowest BCUT2D eigenvalue weighted by Crippen LogP contribution is -2.38. The lowest BCUT2D eigenvalue weighted by atomic mass is 10.1. The third kappa shape index (κ3) is 6.54. The van der Waals surface area contributed by atoms with Crippen molar-refractivity contribution in [2.75, 3.05) is 20.2 Å². The number of carbonyl (C=O) groups excluding carboxylic acids is 1. The fraction of sp³-hybridized carbons (Fsp3) is 0.579. The number of ether oxygens (including phenoxy) is 1. The van der Waals surface area contributed by atoms with E-state index in [4.69, 9.17) is 4.74 Å². The molecule has 0 aromatic heterocycles. The number of halogens is 1. The van der Waals surface area contributed by atoms with E-state index >= 15 is 0 Å². The van der Waals surface area contributed by atoms with Gasteiger partial charge in [-0.2, -0.15) is 0 Å². The Morgan fingerprint density at radius 1 is 1.42 bits per heavy atom. The molecule has 0 aliphatic heterocycles. The maximum Gasteiger partial charge on any atom is 0.220 e. The number of aliphatic imine (C=N–C) groups is 1. The molecule has 0 heterocycles. The minimum absolute atomic E-state index is 0.0998. The molecule has 0 bridgehead atoms. The van der Waals surface area contributed by atoms with Gasteiger partial charge in [0.1, 0.15) is 0 Å². The molecule has 1 aliphatic rings. The van der Waals surface area contributed by atoms with E-state index in [-0.39, 0.29) is 23.5 Å². The zero-order chi connectivity index (χ0) is 18.9. The van der Waals surface area contributed by atoms with Crippen molar-refractivity contribution in [3.8, 4) is 5.75 Å². The lowest BCUT2D eigenvalue weighted by Gasteiger charge is -2.18. The number of benzene rings is 1. The van der Waals surface area contributed by atoms with E-state index in [0.29, 0.717) is 31.4 Å². The smallest absolute Gasteiger partial charge is 0.220 e. The molecule has 2 rings (SSSR count). The van der Waals surface area contributed by atoms with Gasteiger partial charge in [-0.1, -0.05) is 6.07 Å². The molecule has 6 nitrogen and oxygen atoms in total. The van der Waals surface area contributed by atoms with Gasteiger partial charge in [0.2, 0.25) is 5.91 Å². The second-order valence-electron chi connectivity index (χ2n) is 6.47. The molecule has 1 saturated carbocycles. The van der Waals surface area contributed by atoms with Crippen LogP contribution in [0.3, 0.4) is 0 Å². The van der Waals surface area contributed by atoms with Crippen molar-refractivity contribution < 1.29 is 13.9 Å². The molecule has 144 valence electrons. The van der Waals surface area contributed by atoms with Crippen LogP contribution in [0.2, 0.25) is 0 Å². The van der Waals surface area contributed by atoms with Gasteiger partial charge in [0.25, 0.3) is 0 Å². The van der Waals surface area contributed by atoms with Gasteiger partial charge in [-0.3, -0.25) is 9.79 Å². The van der Waals surface area contributed by atoms with Crippen molar-refractivity contribution in [2.45, 2.75) is 51.6 Å². The minimum Gasteiger partial charge on any atom is -0.494 e. The summed E-state index contributed by atoms with van der Waals surface area (Å²) in [5.74, 6) is 0.592. The predicted octanol–water partition coefficient (Wildman–Crippen LogP) is 2.51. The van der Waals surface area contributed by atoms with Crippen LogP contribution in [0.25, 0.3) is 0 Å². The Labute approximate surface area is 154 Å². The van der Waals surface area contributed by atoms with Gasteiger partial charge >= 0.3 is 0 Å². The van der Waals surface area contributed by atoms with Crippen LogP contribution in [0.4, 0.5) is 4.39 Å². The maximum atomic E-state index is 13.9. The first kappa shape index (κ1) is 20.0. The molecular formula is C19H29FN4O2. The Morgan fingerprint density at radius 3 is 2.81 bits per heavy atom. The summed E-state index contributed by atoms with van der Waals surface area (Å²) in [4.78, 5) is 16.2. The van der Waals surface area contributed by atoms with Gasteiger partial charge in [0, 0.05) is 25.6 Å². The van der Waals surface area contributed by atoms with Gasteiger partial charge in [-0.25, -0.2) is 4.39 Å². The summed E-state index contributed by atoms with van der Waals surface area (Å²) in [5.41, 5.74) is 0.803. The summed E-state index contributed by atoms with van der Waals surface area (Å²) in [5, 5.41) is 9.40. The van der Waals surface area contributed by atoms with Gasteiger partial charge in [-0.05, 0) is 50.8 Å². The molecule has 0 saturated heterocycles. The standard InChI is InChI=1S/C19H29FN4O2/c1-4-21-19(22-11-5-6-18(25)24-15-8-9-15)23-13(2)14-7-10-17(26-3)16(20)12-14/h7,10,12-13,15H,4-6,8-9,11H2,1-3H3,(H,24,25)(H2,21,22,23). The van der Waals surface area contributed by atoms with Crippen molar-refractivity contribution >= 4 is 11.9 Å². The highest BCUT2D eigenvalue weighted by Crippen LogP contribution is 2.21. The Morgan fingerprint density at radius 2 is 2.19 bits per heavy atom. The first-order valence-corrected chi connectivity index (χ1v) is 9.21. The number of nitrogens with zero attached hydrogens (tertiary/aromatic N) is 1. The number of rotatable bonds is 9. The molecular weight excluding hydrogens is 335 g/mol. The van der Waals surface area contributed by atoms with Gasteiger partial charge in [0.05, 0.1) is 13.2 Å². The van der Waals surface area contributed by atoms with Crippen LogP contribution < -0.4 is 20.7 Å². The molecule has 1 unspecified atom stereocenters. The fourth-order valence-electron chi connectivity index (χ4n) is 2.52. The number of nitrogens with one attached hydrogen (secondary N) is 3. The Balaban J connectivity index is 1.84. The monoisotopic (exact) mass is 364 g/mol. The first-order valence-electron chi connectivity index (χ1n) is 9.21. The molecule has 7 heteroatoms. The summed E-state index contributed by atoms with van der Waals surface area (Å²) >= 11 is 0. The highest BCUT2D eigenvalue weighted by atomic mass is 19.1. The molecule has 3 N–H and O–H groups in total. The van der Waals surface area contributed by atoms with E-state index < -0.39 is 0 Å². The van der Waals surface area contributed by atoms with E-state index in [2.05, 4.69) is 20.9 Å². The van der Waals surface area contributed by atoms with Gasteiger partial charge < -0.3 is 20.7 Å².